The van der Waals surface area contributed by atoms with Crippen LogP contribution in [0, 0.1) is 5.92 Å². The summed E-state index contributed by atoms with van der Waals surface area (Å²) >= 11 is 0. The van der Waals surface area contributed by atoms with E-state index in [9.17, 15) is 22.8 Å². The second-order valence-corrected chi connectivity index (χ2v) is 9.22. The van der Waals surface area contributed by atoms with Crippen molar-refractivity contribution in [1.82, 2.24) is 5.32 Å². The summed E-state index contributed by atoms with van der Waals surface area (Å²) in [6, 6.07) is 16.8. The normalized spacial score (nSPS) is 12.1. The Kier molecular flexibility index (Phi) is 9.81. The van der Waals surface area contributed by atoms with E-state index in [-0.39, 0.29) is 30.8 Å². The molecule has 0 fully saturated rings. The van der Waals surface area contributed by atoms with Gasteiger partial charge in [0.15, 0.2) is 0 Å². The molecule has 0 heterocycles. The highest BCUT2D eigenvalue weighted by molar-refractivity contribution is 5.94. The first-order chi connectivity index (χ1) is 18.5. The van der Waals surface area contributed by atoms with Gasteiger partial charge < -0.3 is 25.2 Å². The summed E-state index contributed by atoms with van der Waals surface area (Å²) in [5.74, 6) is -0.121. The quantitative estimate of drug-likeness (QED) is 0.255. The minimum absolute atomic E-state index is 0.0526. The van der Waals surface area contributed by atoms with E-state index in [1.807, 2.05) is 13.8 Å². The largest absolute Gasteiger partial charge is 0.496 e. The van der Waals surface area contributed by atoms with Crippen LogP contribution in [0.5, 0.6) is 11.5 Å². The van der Waals surface area contributed by atoms with Crippen LogP contribution in [0.3, 0.4) is 0 Å². The first-order valence-electron chi connectivity index (χ1n) is 12.3. The van der Waals surface area contributed by atoms with Gasteiger partial charge >= 0.3 is 12.1 Å². The highest BCUT2D eigenvalue weighted by Gasteiger charge is 2.30. The molecule has 3 aromatic rings. The van der Waals surface area contributed by atoms with Crippen molar-refractivity contribution in [2.75, 3.05) is 25.6 Å². The average Bonchev–Trinajstić information content (AvgIpc) is 2.90. The van der Waals surface area contributed by atoms with Gasteiger partial charge in [-0.1, -0.05) is 26.0 Å². The van der Waals surface area contributed by atoms with Crippen LogP contribution in [0.15, 0.2) is 66.7 Å². The molecule has 0 bridgehead atoms. The smallest absolute Gasteiger partial charge is 0.416 e. The molecule has 0 aliphatic carbocycles. The number of hydrogen-bond acceptors (Lipinski definition) is 5. The van der Waals surface area contributed by atoms with Gasteiger partial charge in [-0.05, 0) is 60.0 Å². The molecule has 7 nitrogen and oxygen atoms in total. The van der Waals surface area contributed by atoms with Crippen LogP contribution in [0.4, 0.5) is 18.9 Å². The summed E-state index contributed by atoms with van der Waals surface area (Å²) in [6.45, 7) is 4.45. The number of alkyl halides is 3. The van der Waals surface area contributed by atoms with Crippen LogP contribution in [0.2, 0.25) is 0 Å². The molecule has 1 amide bonds. The zero-order valence-corrected chi connectivity index (χ0v) is 21.8. The van der Waals surface area contributed by atoms with Gasteiger partial charge in [-0.25, -0.2) is 0 Å². The molecule has 0 aromatic heterocycles. The molecule has 0 unspecified atom stereocenters. The maximum Gasteiger partial charge on any atom is 0.416 e. The van der Waals surface area contributed by atoms with Gasteiger partial charge in [0.25, 0.3) is 5.91 Å². The molecule has 0 aliphatic rings. The van der Waals surface area contributed by atoms with Gasteiger partial charge in [0.1, 0.15) is 18.1 Å². The molecule has 208 valence electrons. The number of benzene rings is 3. The predicted molar refractivity (Wildman–Crippen MR) is 142 cm³/mol. The number of carbonyl (C=O) groups excluding carboxylic acids is 1. The third kappa shape index (κ3) is 8.39. The predicted octanol–water partition coefficient (Wildman–Crippen LogP) is 6.10. The fourth-order valence-electron chi connectivity index (χ4n) is 3.74. The molecule has 39 heavy (non-hydrogen) atoms. The summed E-state index contributed by atoms with van der Waals surface area (Å²) in [5.41, 5.74) is 1.72. The number of ether oxygens (including phenoxy) is 2. The Balaban J connectivity index is 1.63. The summed E-state index contributed by atoms with van der Waals surface area (Å²) < 4.78 is 50.2. The number of anilines is 1. The fourth-order valence-corrected chi connectivity index (χ4v) is 3.74. The number of halogens is 3. The van der Waals surface area contributed by atoms with Crippen LogP contribution < -0.4 is 20.1 Å². The number of amides is 1. The van der Waals surface area contributed by atoms with Gasteiger partial charge in [0, 0.05) is 29.4 Å². The Labute approximate surface area is 225 Å². The molecule has 3 aromatic carbocycles. The molecular formula is C29H31F3N2O5. The number of methoxy groups -OCH3 is 1. The first kappa shape index (κ1) is 29.3. The molecule has 1 atom stereocenters. The number of aliphatic carboxylic acids is 1. The Morgan fingerprint density at radius 3 is 2.21 bits per heavy atom. The lowest BCUT2D eigenvalue weighted by molar-refractivity contribution is -0.138. The highest BCUT2D eigenvalue weighted by atomic mass is 19.4. The number of hydrogen-bond donors (Lipinski definition) is 3. The van der Waals surface area contributed by atoms with Crippen molar-refractivity contribution in [3.8, 4) is 22.6 Å². The van der Waals surface area contributed by atoms with E-state index in [1.54, 1.807) is 42.5 Å². The van der Waals surface area contributed by atoms with Gasteiger partial charge in [0.2, 0.25) is 0 Å². The summed E-state index contributed by atoms with van der Waals surface area (Å²) in [4.78, 5) is 22.7. The van der Waals surface area contributed by atoms with E-state index in [0.717, 1.165) is 17.8 Å². The summed E-state index contributed by atoms with van der Waals surface area (Å²) in [5, 5.41) is 14.6. The molecule has 10 heteroatoms. The Morgan fingerprint density at radius 2 is 1.64 bits per heavy atom. The molecule has 0 spiro atoms. The van der Waals surface area contributed by atoms with Crippen molar-refractivity contribution in [2.45, 2.75) is 32.5 Å². The van der Waals surface area contributed by atoms with Gasteiger partial charge in [-0.15, -0.1) is 0 Å². The van der Waals surface area contributed by atoms with E-state index in [2.05, 4.69) is 10.6 Å². The number of rotatable bonds is 12. The average molecular weight is 545 g/mol. The molecule has 0 saturated carbocycles. The molecule has 0 aliphatic heterocycles. The van der Waals surface area contributed by atoms with Crippen molar-refractivity contribution >= 4 is 17.6 Å². The van der Waals surface area contributed by atoms with Crippen LogP contribution in [-0.2, 0) is 11.0 Å². The molecular weight excluding hydrogens is 513 g/mol. The lowest BCUT2D eigenvalue weighted by Crippen LogP contribution is -2.32. The lowest BCUT2D eigenvalue weighted by Gasteiger charge is -2.24. The lowest BCUT2D eigenvalue weighted by atomic mass is 10.0. The van der Waals surface area contributed by atoms with Crippen molar-refractivity contribution in [2.24, 2.45) is 5.92 Å². The van der Waals surface area contributed by atoms with Crippen molar-refractivity contribution in [1.29, 1.82) is 0 Å². The minimum atomic E-state index is -4.40. The first-order valence-corrected chi connectivity index (χ1v) is 12.3. The Bertz CT molecular complexity index is 1260. The van der Waals surface area contributed by atoms with E-state index in [0.29, 0.717) is 34.8 Å². The van der Waals surface area contributed by atoms with E-state index >= 15 is 0 Å². The highest BCUT2D eigenvalue weighted by Crippen LogP contribution is 2.36. The van der Waals surface area contributed by atoms with Crippen molar-refractivity contribution < 1.29 is 37.3 Å². The van der Waals surface area contributed by atoms with Gasteiger partial charge in [-0.3, -0.25) is 9.59 Å². The van der Waals surface area contributed by atoms with E-state index in [4.69, 9.17) is 14.6 Å². The maximum atomic E-state index is 12.9. The Morgan fingerprint density at radius 1 is 0.974 bits per heavy atom. The second kappa shape index (κ2) is 13.0. The number of carbonyl (C=O) groups is 2. The number of nitrogens with one attached hydrogen (secondary N) is 2. The van der Waals surface area contributed by atoms with Crippen LogP contribution in [-0.4, -0.2) is 43.3 Å². The SMILES string of the molecule is COc1cc(OC[C@@H](Nc2ccc(C(=O)NCCC(=O)O)cc2)C(C)C)ccc1-c1ccc(C(F)(F)F)cc1. The zero-order chi connectivity index (χ0) is 28.6. The summed E-state index contributed by atoms with van der Waals surface area (Å²) in [7, 11) is 1.49. The summed E-state index contributed by atoms with van der Waals surface area (Å²) in [6.07, 6.45) is -4.55. The molecule has 3 rings (SSSR count). The topological polar surface area (TPSA) is 96.9 Å². The van der Waals surface area contributed by atoms with Gasteiger partial charge in [0.05, 0.1) is 25.1 Å². The van der Waals surface area contributed by atoms with Crippen LogP contribution >= 0.6 is 0 Å². The zero-order valence-electron chi connectivity index (χ0n) is 21.8. The van der Waals surface area contributed by atoms with Crippen molar-refractivity contribution in [3.63, 3.8) is 0 Å². The van der Waals surface area contributed by atoms with Crippen LogP contribution in [0.1, 0.15) is 36.2 Å². The molecule has 3 N–H and O–H groups in total. The number of carboxylic acids is 1. The van der Waals surface area contributed by atoms with E-state index < -0.39 is 17.7 Å². The van der Waals surface area contributed by atoms with Crippen LogP contribution in [0.25, 0.3) is 11.1 Å². The third-order valence-electron chi connectivity index (χ3n) is 6.05. The molecule has 0 radical (unpaired) electrons. The standard InChI is InChI=1S/C29H31F3N2O5/c1-18(2)25(34-22-10-6-20(7-11-22)28(37)33-15-14-27(35)36)17-39-23-12-13-24(26(16-23)38-3)19-4-8-21(9-5-19)29(30,31)32/h4-13,16,18,25,34H,14-15,17H2,1-3H3,(H,33,37)(H,35,36)/t25-/m1/s1. The fraction of sp³-hybridized carbons (Fsp3) is 0.310. The van der Waals surface area contributed by atoms with E-state index in [1.165, 1.54) is 19.2 Å². The number of carboxylic acid groups (broad SMARTS) is 1. The molecule has 0 saturated heterocycles. The Hall–Kier alpha value is -4.21. The minimum Gasteiger partial charge on any atom is -0.496 e. The van der Waals surface area contributed by atoms with Crippen molar-refractivity contribution in [3.05, 3.63) is 77.9 Å². The third-order valence-corrected chi connectivity index (χ3v) is 6.05. The van der Waals surface area contributed by atoms with Gasteiger partial charge in [-0.2, -0.15) is 13.2 Å². The second-order valence-electron chi connectivity index (χ2n) is 9.22. The monoisotopic (exact) mass is 544 g/mol. The maximum absolute atomic E-state index is 12.9.